The highest BCUT2D eigenvalue weighted by Crippen LogP contribution is 2.42. The summed E-state index contributed by atoms with van der Waals surface area (Å²) in [6.07, 6.45) is 0.560. The normalized spacial score (nSPS) is 16.2. The van der Waals surface area contributed by atoms with Crippen LogP contribution in [0.15, 0.2) is 109 Å². The van der Waals surface area contributed by atoms with Crippen molar-refractivity contribution in [1.29, 1.82) is 0 Å². The van der Waals surface area contributed by atoms with Crippen molar-refractivity contribution in [2.24, 2.45) is 0 Å². The van der Waals surface area contributed by atoms with Crippen molar-refractivity contribution in [3.8, 4) is 11.5 Å². The summed E-state index contributed by atoms with van der Waals surface area (Å²) in [6.45, 7) is 2.61. The lowest BCUT2D eigenvalue weighted by atomic mass is 9.94. The second kappa shape index (κ2) is 11.9. The first-order valence-corrected chi connectivity index (χ1v) is 13.2. The van der Waals surface area contributed by atoms with Crippen LogP contribution >= 0.6 is 0 Å². The summed E-state index contributed by atoms with van der Waals surface area (Å²) in [4.78, 5) is 28.3. The Labute approximate surface area is 234 Å². The highest BCUT2D eigenvalue weighted by Gasteiger charge is 2.46. The summed E-state index contributed by atoms with van der Waals surface area (Å²) in [5.41, 5.74) is 4.26. The summed E-state index contributed by atoms with van der Waals surface area (Å²) in [5.74, 6) is -0.543. The van der Waals surface area contributed by atoms with E-state index in [2.05, 4.69) is 0 Å². The number of benzene rings is 4. The van der Waals surface area contributed by atoms with E-state index in [0.717, 1.165) is 16.7 Å². The van der Waals surface area contributed by atoms with Crippen LogP contribution in [-0.4, -0.2) is 35.4 Å². The van der Waals surface area contributed by atoms with E-state index in [1.54, 1.807) is 31.4 Å². The number of carbonyl (C=O) groups is 2. The molecular formula is C34H31NO5. The molecule has 6 heteroatoms. The number of aliphatic hydroxyl groups is 1. The maximum atomic E-state index is 13.4. The van der Waals surface area contributed by atoms with E-state index in [4.69, 9.17) is 9.47 Å². The second-order valence-corrected chi connectivity index (χ2v) is 9.78. The zero-order valence-corrected chi connectivity index (χ0v) is 22.5. The zero-order valence-electron chi connectivity index (χ0n) is 22.5. The first-order valence-electron chi connectivity index (χ1n) is 13.2. The van der Waals surface area contributed by atoms with Gasteiger partial charge in [-0.05, 0) is 42.2 Å². The summed E-state index contributed by atoms with van der Waals surface area (Å²) in [5, 5.41) is 11.3. The molecule has 202 valence electrons. The van der Waals surface area contributed by atoms with Crippen molar-refractivity contribution in [2.75, 3.05) is 13.7 Å². The van der Waals surface area contributed by atoms with E-state index in [0.29, 0.717) is 42.2 Å². The molecule has 4 aromatic rings. The molecule has 1 unspecified atom stereocenters. The zero-order chi connectivity index (χ0) is 28.1. The van der Waals surface area contributed by atoms with Crippen molar-refractivity contribution in [2.45, 2.75) is 26.0 Å². The molecule has 5 rings (SSSR count). The lowest BCUT2D eigenvalue weighted by Crippen LogP contribution is -2.31. The molecule has 1 aliphatic heterocycles. The van der Waals surface area contributed by atoms with Gasteiger partial charge in [0.25, 0.3) is 11.7 Å². The molecule has 0 bridgehead atoms. The Kier molecular flexibility index (Phi) is 7.97. The van der Waals surface area contributed by atoms with Crippen LogP contribution in [0.3, 0.4) is 0 Å². The monoisotopic (exact) mass is 533 g/mol. The van der Waals surface area contributed by atoms with E-state index in [-0.39, 0.29) is 11.3 Å². The number of rotatable bonds is 9. The van der Waals surface area contributed by atoms with Gasteiger partial charge in [-0.2, -0.15) is 0 Å². The summed E-state index contributed by atoms with van der Waals surface area (Å²) in [6, 6.07) is 31.4. The average molecular weight is 534 g/mol. The molecule has 6 nitrogen and oxygen atoms in total. The van der Waals surface area contributed by atoms with Crippen LogP contribution in [0.2, 0.25) is 0 Å². The summed E-state index contributed by atoms with van der Waals surface area (Å²) >= 11 is 0. The van der Waals surface area contributed by atoms with Crippen molar-refractivity contribution in [1.82, 2.24) is 4.90 Å². The van der Waals surface area contributed by atoms with Crippen LogP contribution in [0, 0.1) is 6.92 Å². The van der Waals surface area contributed by atoms with E-state index >= 15 is 0 Å². The van der Waals surface area contributed by atoms with Gasteiger partial charge in [-0.3, -0.25) is 9.59 Å². The van der Waals surface area contributed by atoms with Crippen LogP contribution in [0.4, 0.5) is 0 Å². The number of hydrogen-bond acceptors (Lipinski definition) is 5. The number of methoxy groups -OCH3 is 1. The predicted octanol–water partition coefficient (Wildman–Crippen LogP) is 6.25. The van der Waals surface area contributed by atoms with Gasteiger partial charge in [-0.15, -0.1) is 0 Å². The molecule has 0 aromatic heterocycles. The average Bonchev–Trinajstić information content (AvgIpc) is 3.25. The topological polar surface area (TPSA) is 76.1 Å². The Morgan fingerprint density at radius 3 is 2.12 bits per heavy atom. The van der Waals surface area contributed by atoms with Crippen LogP contribution in [0.1, 0.15) is 33.9 Å². The Morgan fingerprint density at radius 1 is 0.825 bits per heavy atom. The number of hydrogen-bond donors (Lipinski definition) is 1. The minimum Gasteiger partial charge on any atom is -0.507 e. The molecule has 40 heavy (non-hydrogen) atoms. The number of ether oxygens (including phenoxy) is 2. The number of ketones is 1. The summed E-state index contributed by atoms with van der Waals surface area (Å²) < 4.78 is 11.7. The fourth-order valence-corrected chi connectivity index (χ4v) is 4.93. The van der Waals surface area contributed by atoms with E-state index in [1.165, 1.54) is 4.90 Å². The molecule has 4 aromatic carbocycles. The minimum atomic E-state index is -0.790. The highest BCUT2D eigenvalue weighted by molar-refractivity contribution is 6.46. The molecule has 1 saturated heterocycles. The standard InChI is InChI=1S/C34H31NO5/c1-23-13-15-26(16-14-23)32(36)30-31(35(34(38)33(30)37)20-19-24-9-5-3-6-10-24)27-17-18-28(29(21-27)39-2)40-22-25-11-7-4-8-12-25/h3-18,21,31,36H,19-20,22H2,1-2H3. The third-order valence-electron chi connectivity index (χ3n) is 7.09. The maximum absolute atomic E-state index is 13.4. The maximum Gasteiger partial charge on any atom is 0.295 e. The van der Waals surface area contributed by atoms with Crippen molar-refractivity contribution in [3.63, 3.8) is 0 Å². The Morgan fingerprint density at radius 2 is 1.48 bits per heavy atom. The number of carbonyl (C=O) groups excluding carboxylic acids is 2. The highest BCUT2D eigenvalue weighted by atomic mass is 16.5. The molecule has 0 saturated carbocycles. The Hall–Kier alpha value is -4.84. The molecule has 0 aliphatic carbocycles. The fraction of sp³-hybridized carbons (Fsp3) is 0.176. The predicted molar refractivity (Wildman–Crippen MR) is 154 cm³/mol. The molecule has 1 heterocycles. The van der Waals surface area contributed by atoms with Gasteiger partial charge < -0.3 is 19.5 Å². The molecular weight excluding hydrogens is 502 g/mol. The molecule has 1 atom stereocenters. The van der Waals surface area contributed by atoms with Gasteiger partial charge in [0.05, 0.1) is 18.7 Å². The lowest BCUT2D eigenvalue weighted by Gasteiger charge is -2.26. The number of nitrogens with zero attached hydrogens (tertiary/aromatic N) is 1. The van der Waals surface area contributed by atoms with Crippen molar-refractivity contribution < 1.29 is 24.2 Å². The van der Waals surface area contributed by atoms with Gasteiger partial charge in [0.15, 0.2) is 11.5 Å². The Balaban J connectivity index is 1.53. The third kappa shape index (κ3) is 5.61. The molecule has 1 amide bonds. The number of likely N-dealkylation sites (tertiary alicyclic amines) is 1. The molecule has 1 N–H and O–H groups in total. The summed E-state index contributed by atoms with van der Waals surface area (Å²) in [7, 11) is 1.55. The molecule has 1 aliphatic rings. The SMILES string of the molecule is COc1cc(C2C(=C(O)c3ccc(C)cc3)C(=O)C(=O)N2CCc2ccccc2)ccc1OCc1ccccc1. The molecule has 0 spiro atoms. The fourth-order valence-electron chi connectivity index (χ4n) is 4.93. The quantitative estimate of drug-likeness (QED) is 0.156. The van der Waals surface area contributed by atoms with Gasteiger partial charge >= 0.3 is 0 Å². The van der Waals surface area contributed by atoms with Crippen LogP contribution in [0.5, 0.6) is 11.5 Å². The van der Waals surface area contributed by atoms with Crippen LogP contribution in [0.25, 0.3) is 5.76 Å². The van der Waals surface area contributed by atoms with Gasteiger partial charge in [-0.1, -0.05) is 96.6 Å². The Bertz CT molecular complexity index is 1530. The molecule has 0 radical (unpaired) electrons. The molecule has 1 fully saturated rings. The van der Waals surface area contributed by atoms with E-state index in [1.807, 2.05) is 85.8 Å². The third-order valence-corrected chi connectivity index (χ3v) is 7.09. The number of aliphatic hydroxyl groups excluding tert-OH is 1. The smallest absolute Gasteiger partial charge is 0.295 e. The van der Waals surface area contributed by atoms with Crippen molar-refractivity contribution in [3.05, 3.63) is 137 Å². The van der Waals surface area contributed by atoms with Crippen LogP contribution < -0.4 is 9.47 Å². The van der Waals surface area contributed by atoms with Gasteiger partial charge in [0.2, 0.25) is 0 Å². The van der Waals surface area contributed by atoms with Crippen molar-refractivity contribution >= 4 is 17.4 Å². The van der Waals surface area contributed by atoms with Gasteiger partial charge in [-0.25, -0.2) is 0 Å². The van der Waals surface area contributed by atoms with Gasteiger partial charge in [0, 0.05) is 12.1 Å². The number of amides is 1. The van der Waals surface area contributed by atoms with Crippen LogP contribution in [-0.2, 0) is 22.6 Å². The largest absolute Gasteiger partial charge is 0.507 e. The van der Waals surface area contributed by atoms with E-state index < -0.39 is 17.7 Å². The number of aryl methyl sites for hydroxylation is 1. The van der Waals surface area contributed by atoms with Gasteiger partial charge in [0.1, 0.15) is 12.4 Å². The second-order valence-electron chi connectivity index (χ2n) is 9.78. The first kappa shape index (κ1) is 26.8. The number of Topliss-reactive ketones (excluding diaryl/α,β-unsaturated/α-hetero) is 1. The lowest BCUT2D eigenvalue weighted by molar-refractivity contribution is -0.139. The minimum absolute atomic E-state index is 0.0573. The first-order chi connectivity index (χ1) is 19.5. The van der Waals surface area contributed by atoms with E-state index in [9.17, 15) is 14.7 Å².